The Morgan fingerprint density at radius 2 is 2.32 bits per heavy atom. The summed E-state index contributed by atoms with van der Waals surface area (Å²) in [5.74, 6) is 1.48. The molecule has 2 heterocycles. The van der Waals surface area contributed by atoms with E-state index in [0.29, 0.717) is 11.5 Å². The van der Waals surface area contributed by atoms with Crippen LogP contribution in [-0.2, 0) is 0 Å². The topological polar surface area (TPSA) is 55.1 Å². The zero-order valence-corrected chi connectivity index (χ0v) is 11.4. The molecule has 4 nitrogen and oxygen atoms in total. The van der Waals surface area contributed by atoms with E-state index < -0.39 is 0 Å². The van der Waals surface area contributed by atoms with Crippen molar-refractivity contribution in [2.45, 2.75) is 24.3 Å². The molecule has 0 aliphatic carbocycles. The predicted octanol–water partition coefficient (Wildman–Crippen LogP) is 2.95. The summed E-state index contributed by atoms with van der Waals surface area (Å²) in [6, 6.07) is 9.90. The van der Waals surface area contributed by atoms with Crippen LogP contribution in [0.2, 0.25) is 0 Å². The molecule has 0 fully saturated rings. The van der Waals surface area contributed by atoms with E-state index in [9.17, 15) is 4.79 Å². The standard InChI is InChI=1S/C14H14N2O2S/c1-9-8-12(16-18-9)14(17)15-11-6-7-19-13-5-3-2-4-10(11)13/h2-5,8,11H,6-7H2,1H3,(H,15,17). The van der Waals surface area contributed by atoms with Gasteiger partial charge in [0.05, 0.1) is 6.04 Å². The largest absolute Gasteiger partial charge is 0.361 e. The van der Waals surface area contributed by atoms with E-state index in [1.165, 1.54) is 10.5 Å². The molecule has 1 aromatic heterocycles. The lowest BCUT2D eigenvalue weighted by molar-refractivity contribution is 0.0926. The van der Waals surface area contributed by atoms with Crippen molar-refractivity contribution in [2.75, 3.05) is 5.75 Å². The van der Waals surface area contributed by atoms with Gasteiger partial charge in [-0.2, -0.15) is 0 Å². The smallest absolute Gasteiger partial charge is 0.273 e. The number of aryl methyl sites for hydroxylation is 1. The van der Waals surface area contributed by atoms with Crippen LogP contribution in [0, 0.1) is 6.92 Å². The normalized spacial score (nSPS) is 17.8. The van der Waals surface area contributed by atoms with E-state index in [1.807, 2.05) is 23.9 Å². The molecule has 1 N–H and O–H groups in total. The van der Waals surface area contributed by atoms with Gasteiger partial charge in [0.2, 0.25) is 0 Å². The number of carbonyl (C=O) groups excluding carboxylic acids is 1. The first-order valence-electron chi connectivity index (χ1n) is 6.20. The maximum Gasteiger partial charge on any atom is 0.273 e. The molecule has 5 heteroatoms. The Balaban J connectivity index is 1.79. The molecule has 1 aliphatic heterocycles. The second kappa shape index (κ2) is 5.09. The highest BCUT2D eigenvalue weighted by Gasteiger charge is 2.23. The summed E-state index contributed by atoms with van der Waals surface area (Å²) >= 11 is 1.83. The van der Waals surface area contributed by atoms with Crippen LogP contribution in [0.15, 0.2) is 39.8 Å². The SMILES string of the molecule is Cc1cc(C(=O)NC2CCSc3ccccc32)no1. The highest BCUT2D eigenvalue weighted by molar-refractivity contribution is 7.99. The number of hydrogen-bond donors (Lipinski definition) is 1. The summed E-state index contributed by atoms with van der Waals surface area (Å²) in [6.07, 6.45) is 0.935. The van der Waals surface area contributed by atoms with Gasteiger partial charge >= 0.3 is 0 Å². The number of hydrogen-bond acceptors (Lipinski definition) is 4. The van der Waals surface area contributed by atoms with Crippen LogP contribution in [0.25, 0.3) is 0 Å². The number of nitrogens with zero attached hydrogens (tertiary/aromatic N) is 1. The maximum absolute atomic E-state index is 12.1. The van der Waals surface area contributed by atoms with E-state index in [4.69, 9.17) is 4.52 Å². The molecule has 0 saturated carbocycles. The number of benzene rings is 1. The first-order chi connectivity index (χ1) is 9.24. The first kappa shape index (κ1) is 12.3. The van der Waals surface area contributed by atoms with Crippen molar-refractivity contribution in [1.29, 1.82) is 0 Å². The average molecular weight is 274 g/mol. The summed E-state index contributed by atoms with van der Waals surface area (Å²) in [5.41, 5.74) is 1.53. The molecule has 0 radical (unpaired) electrons. The van der Waals surface area contributed by atoms with Crippen LogP contribution in [0.5, 0.6) is 0 Å². The van der Waals surface area contributed by atoms with Crippen LogP contribution in [0.4, 0.5) is 0 Å². The fourth-order valence-corrected chi connectivity index (χ4v) is 3.32. The summed E-state index contributed by atoms with van der Waals surface area (Å²) in [5, 5.41) is 6.77. The third kappa shape index (κ3) is 2.51. The Kier molecular flexibility index (Phi) is 3.29. The number of carbonyl (C=O) groups is 1. The summed E-state index contributed by atoms with van der Waals surface area (Å²) in [7, 11) is 0. The highest BCUT2D eigenvalue weighted by atomic mass is 32.2. The van der Waals surface area contributed by atoms with Gasteiger partial charge in [0.1, 0.15) is 5.76 Å². The van der Waals surface area contributed by atoms with Gasteiger partial charge in [-0.3, -0.25) is 4.79 Å². The number of thioether (sulfide) groups is 1. The highest BCUT2D eigenvalue weighted by Crippen LogP contribution is 2.35. The predicted molar refractivity (Wildman–Crippen MR) is 73.2 cm³/mol. The third-order valence-electron chi connectivity index (χ3n) is 3.12. The van der Waals surface area contributed by atoms with E-state index in [0.717, 1.165) is 12.2 Å². The number of nitrogens with one attached hydrogen (secondary N) is 1. The Hall–Kier alpha value is -1.75. The second-order valence-electron chi connectivity index (χ2n) is 4.52. The number of fused-ring (bicyclic) bond motifs is 1. The Labute approximate surface area is 115 Å². The van der Waals surface area contributed by atoms with Crippen molar-refractivity contribution in [3.63, 3.8) is 0 Å². The van der Waals surface area contributed by atoms with Gasteiger partial charge in [-0.05, 0) is 25.0 Å². The molecular formula is C14H14N2O2S. The van der Waals surface area contributed by atoms with E-state index in [-0.39, 0.29) is 11.9 Å². The lowest BCUT2D eigenvalue weighted by Gasteiger charge is -2.25. The van der Waals surface area contributed by atoms with Crippen molar-refractivity contribution < 1.29 is 9.32 Å². The lowest BCUT2D eigenvalue weighted by atomic mass is 10.0. The molecule has 98 valence electrons. The number of rotatable bonds is 2. The molecule has 0 bridgehead atoms. The second-order valence-corrected chi connectivity index (χ2v) is 5.66. The number of aromatic nitrogens is 1. The fraction of sp³-hybridized carbons (Fsp3) is 0.286. The van der Waals surface area contributed by atoms with Crippen molar-refractivity contribution in [3.05, 3.63) is 47.3 Å². The van der Waals surface area contributed by atoms with Gasteiger partial charge in [-0.25, -0.2) is 0 Å². The Morgan fingerprint density at radius 3 is 3.11 bits per heavy atom. The molecule has 3 rings (SSSR count). The quantitative estimate of drug-likeness (QED) is 0.914. The van der Waals surface area contributed by atoms with Gasteiger partial charge in [0.15, 0.2) is 5.69 Å². The molecule has 19 heavy (non-hydrogen) atoms. The van der Waals surface area contributed by atoms with Crippen LogP contribution in [0.1, 0.15) is 34.3 Å². The van der Waals surface area contributed by atoms with Crippen LogP contribution < -0.4 is 5.32 Å². The van der Waals surface area contributed by atoms with Crippen LogP contribution >= 0.6 is 11.8 Å². The third-order valence-corrected chi connectivity index (χ3v) is 4.25. The van der Waals surface area contributed by atoms with Gasteiger partial charge < -0.3 is 9.84 Å². The van der Waals surface area contributed by atoms with Gasteiger partial charge in [-0.1, -0.05) is 23.4 Å². The molecule has 0 spiro atoms. The molecule has 1 amide bonds. The van der Waals surface area contributed by atoms with Crippen molar-refractivity contribution in [2.24, 2.45) is 0 Å². The minimum atomic E-state index is -0.177. The van der Waals surface area contributed by atoms with Gasteiger partial charge in [0, 0.05) is 16.7 Å². The van der Waals surface area contributed by atoms with Crippen LogP contribution in [-0.4, -0.2) is 16.8 Å². The molecule has 1 atom stereocenters. The zero-order chi connectivity index (χ0) is 13.2. The van der Waals surface area contributed by atoms with Gasteiger partial charge in [-0.15, -0.1) is 11.8 Å². The average Bonchev–Trinajstić information content (AvgIpc) is 2.86. The molecular weight excluding hydrogens is 260 g/mol. The minimum absolute atomic E-state index is 0.0574. The van der Waals surface area contributed by atoms with Crippen molar-refractivity contribution >= 4 is 17.7 Å². The van der Waals surface area contributed by atoms with E-state index in [2.05, 4.69) is 22.6 Å². The molecule has 1 unspecified atom stereocenters. The monoisotopic (exact) mass is 274 g/mol. The number of amides is 1. The molecule has 1 aliphatic rings. The maximum atomic E-state index is 12.1. The summed E-state index contributed by atoms with van der Waals surface area (Å²) in [6.45, 7) is 1.77. The first-order valence-corrected chi connectivity index (χ1v) is 7.18. The van der Waals surface area contributed by atoms with Gasteiger partial charge in [0.25, 0.3) is 5.91 Å². The molecule has 2 aromatic rings. The van der Waals surface area contributed by atoms with Crippen LogP contribution in [0.3, 0.4) is 0 Å². The Bertz CT molecular complexity index is 609. The molecule has 1 aromatic carbocycles. The fourth-order valence-electron chi connectivity index (χ4n) is 2.20. The summed E-state index contributed by atoms with van der Waals surface area (Å²) in [4.78, 5) is 13.3. The van der Waals surface area contributed by atoms with Crippen molar-refractivity contribution in [1.82, 2.24) is 10.5 Å². The minimum Gasteiger partial charge on any atom is -0.361 e. The lowest BCUT2D eigenvalue weighted by Crippen LogP contribution is -2.30. The summed E-state index contributed by atoms with van der Waals surface area (Å²) < 4.78 is 4.93. The van der Waals surface area contributed by atoms with Crippen molar-refractivity contribution in [3.8, 4) is 0 Å². The van der Waals surface area contributed by atoms with E-state index >= 15 is 0 Å². The Morgan fingerprint density at radius 1 is 1.47 bits per heavy atom. The van der Waals surface area contributed by atoms with E-state index in [1.54, 1.807) is 13.0 Å². The zero-order valence-electron chi connectivity index (χ0n) is 10.6. The molecule has 0 saturated heterocycles.